The van der Waals surface area contributed by atoms with Crippen LogP contribution in [0.15, 0.2) is 42.5 Å². The van der Waals surface area contributed by atoms with Gasteiger partial charge in [-0.1, -0.05) is 42.8 Å². The number of nitrogens with two attached hydrogens (primary N) is 1. The molecule has 0 atom stereocenters. The van der Waals surface area contributed by atoms with Crippen LogP contribution in [-0.2, 0) is 0 Å². The third-order valence-corrected chi connectivity index (χ3v) is 3.20. The van der Waals surface area contributed by atoms with Crippen LogP contribution in [0.2, 0.25) is 0 Å². The van der Waals surface area contributed by atoms with Crippen molar-refractivity contribution in [2.24, 2.45) is 5.73 Å². The Labute approximate surface area is 119 Å². The van der Waals surface area contributed by atoms with Crippen molar-refractivity contribution in [2.45, 2.75) is 19.3 Å². The van der Waals surface area contributed by atoms with E-state index in [1.165, 1.54) is 0 Å². The predicted molar refractivity (Wildman–Crippen MR) is 83.9 cm³/mol. The summed E-state index contributed by atoms with van der Waals surface area (Å²) in [5.41, 5.74) is 6.26. The summed E-state index contributed by atoms with van der Waals surface area (Å²) in [4.78, 5) is 11.8. The van der Waals surface area contributed by atoms with Crippen LogP contribution < -0.4 is 16.4 Å². The first-order valence-corrected chi connectivity index (χ1v) is 7.04. The highest BCUT2D eigenvalue weighted by Crippen LogP contribution is 2.22. The smallest absolute Gasteiger partial charge is 0.319 e. The molecule has 0 fully saturated rings. The van der Waals surface area contributed by atoms with Crippen molar-refractivity contribution in [3.05, 3.63) is 42.5 Å². The van der Waals surface area contributed by atoms with Crippen molar-refractivity contribution < 1.29 is 4.79 Å². The molecule has 0 aliphatic carbocycles. The Morgan fingerprint density at radius 1 is 1.00 bits per heavy atom. The molecule has 0 heterocycles. The van der Waals surface area contributed by atoms with Gasteiger partial charge < -0.3 is 16.4 Å². The molecule has 4 N–H and O–H groups in total. The van der Waals surface area contributed by atoms with E-state index in [-0.39, 0.29) is 6.03 Å². The Hall–Kier alpha value is -2.07. The maximum absolute atomic E-state index is 11.8. The number of urea groups is 1. The van der Waals surface area contributed by atoms with Crippen molar-refractivity contribution in [2.75, 3.05) is 18.4 Å². The zero-order valence-corrected chi connectivity index (χ0v) is 11.6. The molecule has 4 heteroatoms. The minimum absolute atomic E-state index is 0.158. The predicted octanol–water partition coefficient (Wildman–Crippen LogP) is 3.09. The lowest BCUT2D eigenvalue weighted by atomic mass is 10.1. The van der Waals surface area contributed by atoms with Gasteiger partial charge in [-0.25, -0.2) is 4.79 Å². The number of amides is 2. The standard InChI is InChI=1S/C16H21N3O/c17-11-4-1-5-12-18-16(20)19-15-10-6-8-13-7-2-3-9-14(13)15/h2-3,6-10H,1,4-5,11-12,17H2,(H2,18,19,20). The topological polar surface area (TPSA) is 67.1 Å². The third-order valence-electron chi connectivity index (χ3n) is 3.20. The molecular formula is C16H21N3O. The Morgan fingerprint density at radius 3 is 2.65 bits per heavy atom. The molecule has 0 aliphatic rings. The van der Waals surface area contributed by atoms with Crippen LogP contribution in [0.3, 0.4) is 0 Å². The summed E-state index contributed by atoms with van der Waals surface area (Å²) in [6.45, 7) is 1.39. The van der Waals surface area contributed by atoms with E-state index < -0.39 is 0 Å². The minimum atomic E-state index is -0.158. The van der Waals surface area contributed by atoms with E-state index in [2.05, 4.69) is 10.6 Å². The van der Waals surface area contributed by atoms with Gasteiger partial charge >= 0.3 is 6.03 Å². The average Bonchev–Trinajstić information content (AvgIpc) is 2.47. The van der Waals surface area contributed by atoms with Crippen molar-refractivity contribution in [1.82, 2.24) is 5.32 Å². The summed E-state index contributed by atoms with van der Waals surface area (Å²) in [6, 6.07) is 13.7. The number of benzene rings is 2. The maximum atomic E-state index is 11.8. The van der Waals surface area contributed by atoms with E-state index in [0.717, 1.165) is 35.7 Å². The van der Waals surface area contributed by atoms with Crippen LogP contribution in [-0.4, -0.2) is 19.1 Å². The van der Waals surface area contributed by atoms with Crippen LogP contribution >= 0.6 is 0 Å². The van der Waals surface area contributed by atoms with Crippen LogP contribution in [0.25, 0.3) is 10.8 Å². The average molecular weight is 271 g/mol. The van der Waals surface area contributed by atoms with E-state index in [1.807, 2.05) is 42.5 Å². The van der Waals surface area contributed by atoms with Gasteiger partial charge in [0.05, 0.1) is 5.69 Å². The number of rotatable bonds is 6. The van der Waals surface area contributed by atoms with E-state index in [1.54, 1.807) is 0 Å². The molecule has 0 saturated heterocycles. The largest absolute Gasteiger partial charge is 0.338 e. The second-order valence-corrected chi connectivity index (χ2v) is 4.76. The summed E-state index contributed by atoms with van der Waals surface area (Å²) in [5, 5.41) is 7.93. The summed E-state index contributed by atoms with van der Waals surface area (Å²) in [5.74, 6) is 0. The van der Waals surface area contributed by atoms with E-state index >= 15 is 0 Å². The first-order chi connectivity index (χ1) is 9.81. The van der Waals surface area contributed by atoms with Gasteiger partial charge in [-0.05, 0) is 30.8 Å². The SMILES string of the molecule is NCCCCCNC(=O)Nc1cccc2ccccc12. The molecule has 0 aliphatic heterocycles. The number of hydrogen-bond donors (Lipinski definition) is 3. The van der Waals surface area contributed by atoms with Gasteiger partial charge in [0.2, 0.25) is 0 Å². The molecule has 0 bridgehead atoms. The number of nitrogens with one attached hydrogen (secondary N) is 2. The van der Waals surface area contributed by atoms with Gasteiger partial charge in [0, 0.05) is 11.9 Å². The monoisotopic (exact) mass is 271 g/mol. The van der Waals surface area contributed by atoms with Crippen LogP contribution in [0.5, 0.6) is 0 Å². The lowest BCUT2D eigenvalue weighted by Gasteiger charge is -2.10. The number of unbranched alkanes of at least 4 members (excludes halogenated alkanes) is 2. The Kier molecular flexibility index (Phi) is 5.38. The van der Waals surface area contributed by atoms with Crippen LogP contribution in [0, 0.1) is 0 Å². The van der Waals surface area contributed by atoms with Gasteiger partial charge in [0.1, 0.15) is 0 Å². The summed E-state index contributed by atoms with van der Waals surface area (Å²) in [7, 11) is 0. The fraction of sp³-hybridized carbons (Fsp3) is 0.312. The Balaban J connectivity index is 1.90. The molecule has 0 spiro atoms. The molecular weight excluding hydrogens is 250 g/mol. The number of hydrogen-bond acceptors (Lipinski definition) is 2. The van der Waals surface area contributed by atoms with Crippen molar-refractivity contribution in [1.29, 1.82) is 0 Å². The second-order valence-electron chi connectivity index (χ2n) is 4.76. The molecule has 20 heavy (non-hydrogen) atoms. The van der Waals surface area contributed by atoms with Gasteiger partial charge in [-0.2, -0.15) is 0 Å². The Bertz CT molecular complexity index is 563. The fourth-order valence-electron chi connectivity index (χ4n) is 2.15. The lowest BCUT2D eigenvalue weighted by Crippen LogP contribution is -2.29. The number of carbonyl (C=O) groups excluding carboxylic acids is 1. The van der Waals surface area contributed by atoms with Crippen molar-refractivity contribution in [3.8, 4) is 0 Å². The highest BCUT2D eigenvalue weighted by Gasteiger charge is 2.04. The first kappa shape index (κ1) is 14.3. The zero-order valence-electron chi connectivity index (χ0n) is 11.6. The van der Waals surface area contributed by atoms with Gasteiger partial charge in [0.15, 0.2) is 0 Å². The summed E-state index contributed by atoms with van der Waals surface area (Å²) in [6.07, 6.45) is 3.01. The normalized spacial score (nSPS) is 10.4. The third kappa shape index (κ3) is 3.96. The highest BCUT2D eigenvalue weighted by molar-refractivity contribution is 6.01. The van der Waals surface area contributed by atoms with E-state index in [0.29, 0.717) is 13.1 Å². The van der Waals surface area contributed by atoms with E-state index in [9.17, 15) is 4.79 Å². The fourth-order valence-corrected chi connectivity index (χ4v) is 2.15. The maximum Gasteiger partial charge on any atom is 0.319 e. The van der Waals surface area contributed by atoms with Crippen molar-refractivity contribution in [3.63, 3.8) is 0 Å². The Morgan fingerprint density at radius 2 is 1.80 bits per heavy atom. The van der Waals surface area contributed by atoms with Crippen LogP contribution in [0.1, 0.15) is 19.3 Å². The van der Waals surface area contributed by atoms with Gasteiger partial charge in [-0.15, -0.1) is 0 Å². The molecule has 0 unspecified atom stereocenters. The van der Waals surface area contributed by atoms with Gasteiger partial charge in [0.25, 0.3) is 0 Å². The molecule has 2 aromatic rings. The molecule has 0 saturated carbocycles. The number of carbonyl (C=O) groups is 1. The molecule has 2 aromatic carbocycles. The molecule has 2 amide bonds. The summed E-state index contributed by atoms with van der Waals surface area (Å²) >= 11 is 0. The molecule has 106 valence electrons. The van der Waals surface area contributed by atoms with Crippen molar-refractivity contribution >= 4 is 22.5 Å². The lowest BCUT2D eigenvalue weighted by molar-refractivity contribution is 0.252. The number of anilines is 1. The first-order valence-electron chi connectivity index (χ1n) is 7.04. The highest BCUT2D eigenvalue weighted by atomic mass is 16.2. The number of fused-ring (bicyclic) bond motifs is 1. The quantitative estimate of drug-likeness (QED) is 0.707. The van der Waals surface area contributed by atoms with Crippen LogP contribution in [0.4, 0.5) is 10.5 Å². The zero-order chi connectivity index (χ0) is 14.2. The molecule has 0 radical (unpaired) electrons. The van der Waals surface area contributed by atoms with E-state index in [4.69, 9.17) is 5.73 Å². The van der Waals surface area contributed by atoms with Gasteiger partial charge in [-0.3, -0.25) is 0 Å². The molecule has 2 rings (SSSR count). The summed E-state index contributed by atoms with van der Waals surface area (Å²) < 4.78 is 0. The second kappa shape index (κ2) is 7.50. The minimum Gasteiger partial charge on any atom is -0.338 e. The molecule has 4 nitrogen and oxygen atoms in total. The molecule has 0 aromatic heterocycles.